The van der Waals surface area contributed by atoms with Crippen LogP contribution < -0.4 is 11.1 Å². The lowest BCUT2D eigenvalue weighted by atomic mass is 10.3. The van der Waals surface area contributed by atoms with Crippen molar-refractivity contribution < 1.29 is 4.79 Å². The summed E-state index contributed by atoms with van der Waals surface area (Å²) in [4.78, 5) is 21.7. The van der Waals surface area contributed by atoms with E-state index in [2.05, 4.69) is 15.3 Å². The van der Waals surface area contributed by atoms with Gasteiger partial charge in [-0.1, -0.05) is 0 Å². The Balaban J connectivity index is 2.44. The average Bonchev–Trinajstić information content (AvgIpc) is 2.29. The van der Waals surface area contributed by atoms with Crippen LogP contribution in [0.1, 0.15) is 26.1 Å². The number of anilines is 2. The first-order chi connectivity index (χ1) is 8.56. The fourth-order valence-corrected chi connectivity index (χ4v) is 1.71. The third kappa shape index (κ3) is 4.20. The van der Waals surface area contributed by atoms with Crippen molar-refractivity contribution in [3.63, 3.8) is 0 Å². The lowest BCUT2D eigenvalue weighted by Gasteiger charge is -2.18. The topological polar surface area (TPSA) is 84.1 Å². The summed E-state index contributed by atoms with van der Waals surface area (Å²) in [5.41, 5.74) is 5.62. The molecule has 0 saturated heterocycles. The standard InChI is InChI=1S/C12H21N5O/c1-4-17(5-2)12(18)6-7-14-11-8-10(13)15-9(3)16-11/h8H,4-7H2,1-3H3,(H3,13,14,15,16). The molecule has 1 aromatic heterocycles. The lowest BCUT2D eigenvalue weighted by molar-refractivity contribution is -0.130. The van der Waals surface area contributed by atoms with Crippen molar-refractivity contribution in [1.82, 2.24) is 14.9 Å². The highest BCUT2D eigenvalue weighted by Crippen LogP contribution is 2.07. The highest BCUT2D eigenvalue weighted by atomic mass is 16.2. The van der Waals surface area contributed by atoms with Gasteiger partial charge in [0.15, 0.2) is 0 Å². The van der Waals surface area contributed by atoms with Gasteiger partial charge >= 0.3 is 0 Å². The summed E-state index contributed by atoms with van der Waals surface area (Å²) in [6.07, 6.45) is 0.449. The van der Waals surface area contributed by atoms with Gasteiger partial charge in [0, 0.05) is 32.1 Å². The summed E-state index contributed by atoms with van der Waals surface area (Å²) >= 11 is 0. The molecule has 0 spiro atoms. The number of hydrogen-bond donors (Lipinski definition) is 2. The zero-order chi connectivity index (χ0) is 13.5. The van der Waals surface area contributed by atoms with E-state index in [1.165, 1.54) is 0 Å². The second-order valence-electron chi connectivity index (χ2n) is 3.97. The Morgan fingerprint density at radius 3 is 2.61 bits per heavy atom. The number of aromatic nitrogens is 2. The van der Waals surface area contributed by atoms with Crippen LogP contribution in [0.2, 0.25) is 0 Å². The molecular formula is C12H21N5O. The number of nitrogens with one attached hydrogen (secondary N) is 1. The molecule has 0 atom stereocenters. The number of carbonyl (C=O) groups excluding carboxylic acids is 1. The summed E-state index contributed by atoms with van der Waals surface area (Å²) < 4.78 is 0. The van der Waals surface area contributed by atoms with Crippen molar-refractivity contribution in [3.8, 4) is 0 Å². The molecule has 6 heteroatoms. The zero-order valence-electron chi connectivity index (χ0n) is 11.2. The number of amides is 1. The molecule has 0 aliphatic heterocycles. The fourth-order valence-electron chi connectivity index (χ4n) is 1.71. The molecule has 6 nitrogen and oxygen atoms in total. The molecule has 0 aliphatic carbocycles. The van der Waals surface area contributed by atoms with Gasteiger partial charge in [-0.2, -0.15) is 0 Å². The molecule has 0 saturated carbocycles. The van der Waals surface area contributed by atoms with Gasteiger partial charge < -0.3 is 16.0 Å². The first kappa shape index (κ1) is 14.2. The largest absolute Gasteiger partial charge is 0.384 e. The lowest BCUT2D eigenvalue weighted by Crippen LogP contribution is -2.31. The first-order valence-corrected chi connectivity index (χ1v) is 6.19. The van der Waals surface area contributed by atoms with Gasteiger partial charge in [0.25, 0.3) is 0 Å². The van der Waals surface area contributed by atoms with Crippen LogP contribution in [-0.4, -0.2) is 40.4 Å². The predicted molar refractivity (Wildman–Crippen MR) is 72.2 cm³/mol. The first-order valence-electron chi connectivity index (χ1n) is 6.19. The molecule has 0 radical (unpaired) electrons. The number of nitrogen functional groups attached to an aromatic ring is 1. The second kappa shape index (κ2) is 6.78. The van der Waals surface area contributed by atoms with E-state index in [1.54, 1.807) is 17.9 Å². The summed E-state index contributed by atoms with van der Waals surface area (Å²) in [5, 5.41) is 3.08. The molecule has 1 rings (SSSR count). The van der Waals surface area contributed by atoms with Gasteiger partial charge in [0.1, 0.15) is 17.5 Å². The Labute approximate surface area is 108 Å². The van der Waals surface area contributed by atoms with Gasteiger partial charge in [-0.05, 0) is 20.8 Å². The van der Waals surface area contributed by atoms with E-state index >= 15 is 0 Å². The Kier molecular flexibility index (Phi) is 5.35. The van der Waals surface area contributed by atoms with E-state index in [1.807, 2.05) is 13.8 Å². The van der Waals surface area contributed by atoms with Gasteiger partial charge in [0.05, 0.1) is 0 Å². The van der Waals surface area contributed by atoms with Gasteiger partial charge in [-0.3, -0.25) is 4.79 Å². The van der Waals surface area contributed by atoms with Crippen molar-refractivity contribution in [2.24, 2.45) is 0 Å². The maximum atomic E-state index is 11.8. The average molecular weight is 251 g/mol. The molecule has 1 aromatic rings. The van der Waals surface area contributed by atoms with Gasteiger partial charge in [-0.15, -0.1) is 0 Å². The fraction of sp³-hybridized carbons (Fsp3) is 0.583. The van der Waals surface area contributed by atoms with Crippen molar-refractivity contribution in [2.45, 2.75) is 27.2 Å². The van der Waals surface area contributed by atoms with Gasteiger partial charge in [0.2, 0.25) is 5.91 Å². The zero-order valence-corrected chi connectivity index (χ0v) is 11.2. The minimum atomic E-state index is 0.145. The van der Waals surface area contributed by atoms with Crippen molar-refractivity contribution in [1.29, 1.82) is 0 Å². The summed E-state index contributed by atoms with van der Waals surface area (Å²) in [5.74, 6) is 1.85. The predicted octanol–water partition coefficient (Wildman–Crippen LogP) is 1.04. The Morgan fingerprint density at radius 1 is 1.39 bits per heavy atom. The SMILES string of the molecule is CCN(CC)C(=O)CCNc1cc(N)nc(C)n1. The van der Waals surface area contributed by atoms with Crippen LogP contribution in [0, 0.1) is 6.92 Å². The molecule has 0 unspecified atom stereocenters. The van der Waals surface area contributed by atoms with E-state index in [-0.39, 0.29) is 5.91 Å². The molecule has 0 aliphatic rings. The van der Waals surface area contributed by atoms with E-state index in [9.17, 15) is 4.79 Å². The third-order valence-electron chi connectivity index (χ3n) is 2.62. The van der Waals surface area contributed by atoms with Crippen LogP contribution in [0.3, 0.4) is 0 Å². The van der Waals surface area contributed by atoms with E-state index in [0.717, 1.165) is 13.1 Å². The number of rotatable bonds is 6. The van der Waals surface area contributed by atoms with Crippen LogP contribution in [0.15, 0.2) is 6.07 Å². The Bertz CT molecular complexity index is 383. The van der Waals surface area contributed by atoms with Crippen molar-refractivity contribution >= 4 is 17.5 Å². The second-order valence-corrected chi connectivity index (χ2v) is 3.97. The summed E-state index contributed by atoms with van der Waals surface area (Å²) in [6.45, 7) is 7.77. The quantitative estimate of drug-likeness (QED) is 0.789. The number of nitrogens with two attached hydrogens (primary N) is 1. The van der Waals surface area contributed by atoms with Crippen LogP contribution in [0.5, 0.6) is 0 Å². The van der Waals surface area contributed by atoms with Crippen LogP contribution in [-0.2, 0) is 4.79 Å². The minimum Gasteiger partial charge on any atom is -0.384 e. The normalized spacial score (nSPS) is 10.2. The monoisotopic (exact) mass is 251 g/mol. The third-order valence-corrected chi connectivity index (χ3v) is 2.62. The molecule has 1 amide bonds. The van der Waals surface area contributed by atoms with Crippen LogP contribution in [0.4, 0.5) is 11.6 Å². The number of nitrogens with zero attached hydrogens (tertiary/aromatic N) is 3. The molecule has 0 fully saturated rings. The molecule has 0 bridgehead atoms. The van der Waals surface area contributed by atoms with Crippen molar-refractivity contribution in [3.05, 3.63) is 11.9 Å². The summed E-state index contributed by atoms with van der Waals surface area (Å²) in [7, 11) is 0. The highest BCUT2D eigenvalue weighted by Gasteiger charge is 2.08. The van der Waals surface area contributed by atoms with Gasteiger partial charge in [-0.25, -0.2) is 9.97 Å². The Morgan fingerprint density at radius 2 is 2.06 bits per heavy atom. The van der Waals surface area contributed by atoms with E-state index in [4.69, 9.17) is 5.73 Å². The van der Waals surface area contributed by atoms with E-state index < -0.39 is 0 Å². The molecule has 1 heterocycles. The van der Waals surface area contributed by atoms with Crippen LogP contribution >= 0.6 is 0 Å². The molecular weight excluding hydrogens is 230 g/mol. The molecule has 0 aromatic carbocycles. The molecule has 18 heavy (non-hydrogen) atoms. The maximum Gasteiger partial charge on any atom is 0.224 e. The number of hydrogen-bond acceptors (Lipinski definition) is 5. The van der Waals surface area contributed by atoms with Crippen LogP contribution in [0.25, 0.3) is 0 Å². The van der Waals surface area contributed by atoms with E-state index in [0.29, 0.717) is 30.4 Å². The minimum absolute atomic E-state index is 0.145. The maximum absolute atomic E-state index is 11.8. The molecule has 100 valence electrons. The number of aryl methyl sites for hydroxylation is 1. The highest BCUT2D eigenvalue weighted by molar-refractivity contribution is 5.76. The molecule has 3 N–H and O–H groups in total. The smallest absolute Gasteiger partial charge is 0.224 e. The number of carbonyl (C=O) groups is 1. The Hall–Kier alpha value is -1.85. The summed E-state index contributed by atoms with van der Waals surface area (Å²) in [6, 6.07) is 1.66. The van der Waals surface area contributed by atoms with Crippen molar-refractivity contribution in [2.75, 3.05) is 30.7 Å².